The van der Waals surface area contributed by atoms with Crippen molar-refractivity contribution in [3.63, 3.8) is 0 Å². The molecule has 0 saturated carbocycles. The second-order valence-electron chi connectivity index (χ2n) is 3.37. The fraction of sp³-hybridized carbons (Fsp3) is 0.400. The minimum Gasteiger partial charge on any atom is -0.294 e. The fourth-order valence-corrected chi connectivity index (χ4v) is 3.67. The molecule has 3 nitrogen and oxygen atoms in total. The van der Waals surface area contributed by atoms with Crippen molar-refractivity contribution in [1.29, 1.82) is 0 Å². The number of nitrogens with zero attached hydrogens (tertiary/aromatic N) is 1. The van der Waals surface area contributed by atoms with E-state index in [9.17, 15) is 8.76 Å². The molecule has 2 unspecified atom stereocenters. The maximum Gasteiger partial charge on any atom is 0.235 e. The van der Waals surface area contributed by atoms with E-state index in [0.29, 0.717) is 6.54 Å². The summed E-state index contributed by atoms with van der Waals surface area (Å²) in [6.45, 7) is 0.674. The molecule has 82 valence electrons. The van der Waals surface area contributed by atoms with E-state index in [0.717, 1.165) is 17.1 Å². The van der Waals surface area contributed by atoms with Crippen molar-refractivity contribution in [3.8, 4) is 0 Å². The standard InChI is InChI=1S/C10H13NO2S2/c12-15(13)11-6-7-14-8-10(11)9-4-2-1-3-5-9/h1-5,10H,6-8H2,(H,12,13). The van der Waals surface area contributed by atoms with Gasteiger partial charge in [0, 0.05) is 18.1 Å². The van der Waals surface area contributed by atoms with Gasteiger partial charge in [-0.3, -0.25) is 4.55 Å². The topological polar surface area (TPSA) is 40.5 Å². The first-order chi connectivity index (χ1) is 7.29. The van der Waals surface area contributed by atoms with E-state index in [4.69, 9.17) is 0 Å². The highest BCUT2D eigenvalue weighted by Gasteiger charge is 2.27. The molecule has 0 aliphatic carbocycles. The smallest absolute Gasteiger partial charge is 0.235 e. The van der Waals surface area contributed by atoms with Gasteiger partial charge in [-0.2, -0.15) is 16.1 Å². The van der Waals surface area contributed by atoms with Gasteiger partial charge in [0.15, 0.2) is 0 Å². The summed E-state index contributed by atoms with van der Waals surface area (Å²) in [4.78, 5) is 0. The Hall–Kier alpha value is -0.360. The number of thioether (sulfide) groups is 1. The van der Waals surface area contributed by atoms with E-state index in [1.54, 1.807) is 4.31 Å². The van der Waals surface area contributed by atoms with Crippen molar-refractivity contribution in [3.05, 3.63) is 35.9 Å². The van der Waals surface area contributed by atoms with Gasteiger partial charge in [0.1, 0.15) is 0 Å². The van der Waals surface area contributed by atoms with Crippen molar-refractivity contribution >= 4 is 23.0 Å². The highest BCUT2D eigenvalue weighted by atomic mass is 32.2. The minimum absolute atomic E-state index is 0.0655. The van der Waals surface area contributed by atoms with E-state index < -0.39 is 11.3 Å². The SMILES string of the molecule is O=S(O)N1CCSCC1c1ccccc1. The van der Waals surface area contributed by atoms with Gasteiger partial charge in [-0.05, 0) is 5.56 Å². The third kappa shape index (κ3) is 2.60. The van der Waals surface area contributed by atoms with E-state index >= 15 is 0 Å². The molecule has 0 bridgehead atoms. The van der Waals surface area contributed by atoms with E-state index in [1.165, 1.54) is 0 Å². The monoisotopic (exact) mass is 243 g/mol. The van der Waals surface area contributed by atoms with E-state index in [1.807, 2.05) is 42.1 Å². The van der Waals surface area contributed by atoms with Crippen LogP contribution in [0.2, 0.25) is 0 Å². The lowest BCUT2D eigenvalue weighted by Crippen LogP contribution is -2.37. The molecule has 1 aromatic rings. The minimum atomic E-state index is -1.86. The molecule has 0 spiro atoms. The zero-order valence-electron chi connectivity index (χ0n) is 8.20. The Bertz CT molecular complexity index is 345. The van der Waals surface area contributed by atoms with Gasteiger partial charge in [0.25, 0.3) is 0 Å². The molecule has 1 aliphatic heterocycles. The van der Waals surface area contributed by atoms with Crippen molar-refractivity contribution in [1.82, 2.24) is 4.31 Å². The molecule has 0 aromatic heterocycles. The Morgan fingerprint density at radius 3 is 2.80 bits per heavy atom. The van der Waals surface area contributed by atoms with Crippen LogP contribution in [0, 0.1) is 0 Å². The largest absolute Gasteiger partial charge is 0.294 e. The second kappa shape index (κ2) is 5.12. The molecule has 1 saturated heterocycles. The Balaban J connectivity index is 2.22. The van der Waals surface area contributed by atoms with Crippen LogP contribution >= 0.6 is 11.8 Å². The van der Waals surface area contributed by atoms with Crippen LogP contribution in [-0.2, 0) is 11.3 Å². The summed E-state index contributed by atoms with van der Waals surface area (Å²) in [6.07, 6.45) is 0. The molecule has 1 N–H and O–H groups in total. The van der Waals surface area contributed by atoms with Gasteiger partial charge in [0.05, 0.1) is 6.04 Å². The first-order valence-corrected chi connectivity index (χ1v) is 7.01. The number of rotatable bonds is 2. The van der Waals surface area contributed by atoms with Crippen molar-refractivity contribution in [2.75, 3.05) is 18.1 Å². The quantitative estimate of drug-likeness (QED) is 0.807. The van der Waals surface area contributed by atoms with Crippen LogP contribution in [0.25, 0.3) is 0 Å². The molecule has 1 aliphatic rings. The first kappa shape index (κ1) is 11.1. The van der Waals surface area contributed by atoms with Crippen LogP contribution in [-0.4, -0.2) is 31.1 Å². The van der Waals surface area contributed by atoms with Crippen molar-refractivity contribution < 1.29 is 8.76 Å². The van der Waals surface area contributed by atoms with Gasteiger partial charge in [-0.15, -0.1) is 0 Å². The summed E-state index contributed by atoms with van der Waals surface area (Å²) in [5, 5.41) is 0. The summed E-state index contributed by atoms with van der Waals surface area (Å²) in [5.74, 6) is 1.81. The number of hydrogen-bond acceptors (Lipinski definition) is 2. The molecule has 2 atom stereocenters. The van der Waals surface area contributed by atoms with Crippen LogP contribution in [0.1, 0.15) is 11.6 Å². The molecular formula is C10H13NO2S2. The van der Waals surface area contributed by atoms with Crippen LogP contribution in [0.3, 0.4) is 0 Å². The van der Waals surface area contributed by atoms with Gasteiger partial charge in [-0.1, -0.05) is 30.3 Å². The van der Waals surface area contributed by atoms with Crippen LogP contribution in [0.4, 0.5) is 0 Å². The van der Waals surface area contributed by atoms with Gasteiger partial charge in [0.2, 0.25) is 11.3 Å². The fourth-order valence-electron chi connectivity index (χ4n) is 1.71. The van der Waals surface area contributed by atoms with Crippen molar-refractivity contribution in [2.24, 2.45) is 0 Å². The highest BCUT2D eigenvalue weighted by molar-refractivity contribution is 7.99. The first-order valence-electron chi connectivity index (χ1n) is 4.79. The predicted molar refractivity (Wildman–Crippen MR) is 64.0 cm³/mol. The van der Waals surface area contributed by atoms with Gasteiger partial charge in [-0.25, -0.2) is 4.21 Å². The molecule has 0 radical (unpaired) electrons. The maximum atomic E-state index is 11.2. The lowest BCUT2D eigenvalue weighted by atomic mass is 10.1. The molecule has 1 heterocycles. The molecule has 0 amide bonds. The summed E-state index contributed by atoms with van der Waals surface area (Å²) in [7, 11) is 0. The zero-order valence-corrected chi connectivity index (χ0v) is 9.84. The average molecular weight is 243 g/mol. The molecule has 1 aromatic carbocycles. The summed E-state index contributed by atoms with van der Waals surface area (Å²) in [5.41, 5.74) is 1.12. The summed E-state index contributed by atoms with van der Waals surface area (Å²) in [6, 6.07) is 9.97. The van der Waals surface area contributed by atoms with E-state index in [-0.39, 0.29) is 6.04 Å². The third-order valence-electron chi connectivity index (χ3n) is 2.46. The molecular weight excluding hydrogens is 230 g/mol. The average Bonchev–Trinajstić information content (AvgIpc) is 2.30. The van der Waals surface area contributed by atoms with Gasteiger partial charge < -0.3 is 0 Å². The Labute approximate surface area is 96.3 Å². The van der Waals surface area contributed by atoms with Crippen molar-refractivity contribution in [2.45, 2.75) is 6.04 Å². The van der Waals surface area contributed by atoms with Crippen LogP contribution in [0.15, 0.2) is 30.3 Å². The van der Waals surface area contributed by atoms with Gasteiger partial charge >= 0.3 is 0 Å². The lowest BCUT2D eigenvalue weighted by molar-refractivity contribution is 0.345. The molecule has 5 heteroatoms. The van der Waals surface area contributed by atoms with E-state index in [2.05, 4.69) is 0 Å². The zero-order chi connectivity index (χ0) is 10.7. The summed E-state index contributed by atoms with van der Waals surface area (Å²) >= 11 is -0.0308. The Kier molecular flexibility index (Phi) is 3.80. The molecule has 2 rings (SSSR count). The maximum absolute atomic E-state index is 11.2. The lowest BCUT2D eigenvalue weighted by Gasteiger charge is -2.32. The Morgan fingerprint density at radius 2 is 2.13 bits per heavy atom. The Morgan fingerprint density at radius 1 is 1.40 bits per heavy atom. The molecule has 15 heavy (non-hydrogen) atoms. The second-order valence-corrected chi connectivity index (χ2v) is 5.45. The normalized spacial score (nSPS) is 25.0. The number of benzene rings is 1. The predicted octanol–water partition coefficient (Wildman–Crippen LogP) is 1.91. The van der Waals surface area contributed by atoms with Crippen LogP contribution < -0.4 is 0 Å². The summed E-state index contributed by atoms with van der Waals surface area (Å²) < 4.78 is 22.0. The third-order valence-corrected chi connectivity index (χ3v) is 4.33. The highest BCUT2D eigenvalue weighted by Crippen LogP contribution is 2.29. The molecule has 1 fully saturated rings. The number of hydrogen-bond donors (Lipinski definition) is 1. The van der Waals surface area contributed by atoms with Crippen LogP contribution in [0.5, 0.6) is 0 Å².